The molecule has 0 aliphatic carbocycles. The third-order valence-electron chi connectivity index (χ3n) is 7.06. The van der Waals surface area contributed by atoms with Gasteiger partial charge in [-0.15, -0.1) is 0 Å². The SMILES string of the molecule is CC[C@H](C)[C@H](N)C(=O)N1CC(=O)N(CCCC(C)Nc2cc(OC)cc3cccnc23)C1(C)C. The number of carbonyl (C=O) groups is 2. The Kier molecular flexibility index (Phi) is 8.02. The summed E-state index contributed by atoms with van der Waals surface area (Å²) in [5, 5.41) is 4.57. The van der Waals surface area contributed by atoms with Crippen molar-refractivity contribution in [3.63, 3.8) is 0 Å². The molecule has 0 radical (unpaired) electrons. The number of nitrogens with two attached hydrogens (primary N) is 1. The van der Waals surface area contributed by atoms with Gasteiger partial charge in [-0.25, -0.2) is 0 Å². The van der Waals surface area contributed by atoms with Gasteiger partial charge in [-0.1, -0.05) is 26.3 Å². The number of nitrogens with zero attached hydrogens (tertiary/aromatic N) is 3. The number of hydrogen-bond donors (Lipinski definition) is 2. The minimum Gasteiger partial charge on any atom is -0.497 e. The highest BCUT2D eigenvalue weighted by molar-refractivity contribution is 5.92. The molecule has 1 fully saturated rings. The van der Waals surface area contributed by atoms with Crippen LogP contribution in [-0.4, -0.2) is 64.5 Å². The summed E-state index contributed by atoms with van der Waals surface area (Å²) in [7, 11) is 1.66. The van der Waals surface area contributed by atoms with Gasteiger partial charge in [0.05, 0.1) is 24.4 Å². The number of rotatable bonds is 10. The van der Waals surface area contributed by atoms with Crippen molar-refractivity contribution in [2.45, 2.75) is 71.6 Å². The quantitative estimate of drug-likeness (QED) is 0.551. The van der Waals surface area contributed by atoms with Gasteiger partial charge < -0.3 is 25.6 Å². The largest absolute Gasteiger partial charge is 0.497 e. The van der Waals surface area contributed by atoms with E-state index in [0.717, 1.165) is 41.6 Å². The van der Waals surface area contributed by atoms with Gasteiger partial charge in [-0.2, -0.15) is 0 Å². The predicted octanol–water partition coefficient (Wildman–Crippen LogP) is 3.60. The first-order valence-corrected chi connectivity index (χ1v) is 12.2. The van der Waals surface area contributed by atoms with Crippen LogP contribution >= 0.6 is 0 Å². The van der Waals surface area contributed by atoms with Crippen molar-refractivity contribution < 1.29 is 14.3 Å². The molecule has 3 atom stereocenters. The number of benzene rings is 1. The Balaban J connectivity index is 1.61. The minimum absolute atomic E-state index is 0.0293. The standard InChI is InChI=1S/C26H39N5O3/c1-7-17(2)23(27)25(33)31-16-22(32)30(26(31,4)5)13-9-10-18(3)29-21-15-20(34-6)14-19-11-8-12-28-24(19)21/h8,11-12,14-15,17-18,23,29H,7,9-10,13,16,27H2,1-6H3/t17-,18?,23-/m0/s1. The second-order valence-corrected chi connectivity index (χ2v) is 9.81. The Hall–Kier alpha value is -2.87. The molecule has 3 rings (SSSR count). The zero-order valence-corrected chi connectivity index (χ0v) is 21.3. The highest BCUT2D eigenvalue weighted by Crippen LogP contribution is 2.30. The van der Waals surface area contributed by atoms with E-state index < -0.39 is 11.7 Å². The van der Waals surface area contributed by atoms with Gasteiger partial charge in [0, 0.05) is 30.2 Å². The van der Waals surface area contributed by atoms with Crippen LogP contribution in [0, 0.1) is 5.92 Å². The molecular formula is C26H39N5O3. The van der Waals surface area contributed by atoms with Gasteiger partial charge in [0.15, 0.2) is 0 Å². The van der Waals surface area contributed by atoms with E-state index in [1.807, 2.05) is 56.9 Å². The van der Waals surface area contributed by atoms with Crippen LogP contribution in [0.2, 0.25) is 0 Å². The maximum Gasteiger partial charge on any atom is 0.244 e. The number of hydrogen-bond acceptors (Lipinski definition) is 6. The van der Waals surface area contributed by atoms with Crippen molar-refractivity contribution in [3.8, 4) is 5.75 Å². The van der Waals surface area contributed by atoms with E-state index in [9.17, 15) is 9.59 Å². The Morgan fingerprint density at radius 2 is 2.06 bits per heavy atom. The summed E-state index contributed by atoms with van der Waals surface area (Å²) >= 11 is 0. The maximum atomic E-state index is 13.0. The van der Waals surface area contributed by atoms with Gasteiger partial charge in [0.1, 0.15) is 18.0 Å². The third-order valence-corrected chi connectivity index (χ3v) is 7.06. The lowest BCUT2D eigenvalue weighted by Crippen LogP contribution is -2.56. The molecule has 1 aliphatic heterocycles. The summed E-state index contributed by atoms with van der Waals surface area (Å²) in [5.41, 5.74) is 7.33. The lowest BCUT2D eigenvalue weighted by atomic mass is 9.98. The lowest BCUT2D eigenvalue weighted by molar-refractivity contribution is -0.140. The summed E-state index contributed by atoms with van der Waals surface area (Å²) in [6.07, 6.45) is 4.26. The molecule has 2 heterocycles. The predicted molar refractivity (Wildman–Crippen MR) is 136 cm³/mol. The molecule has 3 N–H and O–H groups in total. The van der Waals surface area contributed by atoms with Crippen molar-refractivity contribution in [1.29, 1.82) is 0 Å². The molecule has 1 saturated heterocycles. The van der Waals surface area contributed by atoms with Crippen LogP contribution in [0.25, 0.3) is 10.9 Å². The summed E-state index contributed by atoms with van der Waals surface area (Å²) < 4.78 is 5.44. The van der Waals surface area contributed by atoms with Gasteiger partial charge >= 0.3 is 0 Å². The molecule has 0 bridgehead atoms. The van der Waals surface area contributed by atoms with E-state index in [-0.39, 0.29) is 30.3 Å². The monoisotopic (exact) mass is 469 g/mol. The van der Waals surface area contributed by atoms with Crippen molar-refractivity contribution >= 4 is 28.4 Å². The zero-order chi connectivity index (χ0) is 25.0. The Labute approximate surface area is 202 Å². The molecule has 186 valence electrons. The lowest BCUT2D eigenvalue weighted by Gasteiger charge is -2.39. The number of aromatic nitrogens is 1. The van der Waals surface area contributed by atoms with E-state index in [2.05, 4.69) is 17.2 Å². The normalized spacial score (nSPS) is 18.1. The van der Waals surface area contributed by atoms with E-state index in [4.69, 9.17) is 10.5 Å². The molecule has 1 aliphatic rings. The summed E-state index contributed by atoms with van der Waals surface area (Å²) in [4.78, 5) is 33.8. The molecule has 0 saturated carbocycles. The van der Waals surface area contributed by atoms with E-state index in [1.165, 1.54) is 0 Å². The maximum absolute atomic E-state index is 13.0. The van der Waals surface area contributed by atoms with E-state index >= 15 is 0 Å². The fourth-order valence-electron chi connectivity index (χ4n) is 4.57. The number of carbonyl (C=O) groups excluding carboxylic acids is 2. The number of ether oxygens (including phenoxy) is 1. The van der Waals surface area contributed by atoms with Crippen LogP contribution in [0.1, 0.15) is 53.9 Å². The first kappa shape index (κ1) is 25.7. The first-order chi connectivity index (χ1) is 16.1. The van der Waals surface area contributed by atoms with Crippen LogP contribution in [0.3, 0.4) is 0 Å². The van der Waals surface area contributed by atoms with Crippen LogP contribution < -0.4 is 15.8 Å². The zero-order valence-electron chi connectivity index (χ0n) is 21.3. The molecular weight excluding hydrogens is 430 g/mol. The van der Waals surface area contributed by atoms with Crippen molar-refractivity contribution in [1.82, 2.24) is 14.8 Å². The van der Waals surface area contributed by atoms with Crippen molar-refractivity contribution in [2.24, 2.45) is 11.7 Å². The molecule has 1 aromatic heterocycles. The number of fused-ring (bicyclic) bond motifs is 1. The third kappa shape index (κ3) is 5.27. The number of amides is 2. The fraction of sp³-hybridized carbons (Fsp3) is 0.577. The number of nitrogens with one attached hydrogen (secondary N) is 1. The van der Waals surface area contributed by atoms with Crippen LogP contribution in [0.4, 0.5) is 5.69 Å². The second kappa shape index (κ2) is 10.6. The van der Waals surface area contributed by atoms with Crippen LogP contribution in [-0.2, 0) is 9.59 Å². The molecule has 0 spiro atoms. The second-order valence-electron chi connectivity index (χ2n) is 9.81. The average Bonchev–Trinajstić information content (AvgIpc) is 3.05. The highest BCUT2D eigenvalue weighted by atomic mass is 16.5. The summed E-state index contributed by atoms with van der Waals surface area (Å²) in [5.74, 6) is 0.669. The van der Waals surface area contributed by atoms with Gasteiger partial charge in [-0.05, 0) is 51.7 Å². The Bertz CT molecular complexity index is 1020. The Morgan fingerprint density at radius 3 is 2.74 bits per heavy atom. The summed E-state index contributed by atoms with van der Waals surface area (Å²) in [6.45, 7) is 10.6. The van der Waals surface area contributed by atoms with E-state index in [0.29, 0.717) is 6.54 Å². The topological polar surface area (TPSA) is 101 Å². The highest BCUT2D eigenvalue weighted by Gasteiger charge is 2.47. The molecule has 34 heavy (non-hydrogen) atoms. The molecule has 1 aromatic carbocycles. The molecule has 2 aromatic rings. The summed E-state index contributed by atoms with van der Waals surface area (Å²) in [6, 6.07) is 7.43. The van der Waals surface area contributed by atoms with Crippen LogP contribution in [0.15, 0.2) is 30.5 Å². The van der Waals surface area contributed by atoms with E-state index in [1.54, 1.807) is 18.2 Å². The molecule has 8 heteroatoms. The number of anilines is 1. The van der Waals surface area contributed by atoms with Gasteiger partial charge in [0.25, 0.3) is 0 Å². The van der Waals surface area contributed by atoms with Gasteiger partial charge in [0.2, 0.25) is 11.8 Å². The molecule has 8 nitrogen and oxygen atoms in total. The van der Waals surface area contributed by atoms with Crippen LogP contribution in [0.5, 0.6) is 5.75 Å². The smallest absolute Gasteiger partial charge is 0.244 e. The molecule has 1 unspecified atom stereocenters. The Morgan fingerprint density at radius 1 is 1.32 bits per heavy atom. The van der Waals surface area contributed by atoms with Crippen molar-refractivity contribution in [2.75, 3.05) is 25.5 Å². The fourth-order valence-corrected chi connectivity index (χ4v) is 4.57. The number of pyridine rings is 1. The molecule has 2 amide bonds. The van der Waals surface area contributed by atoms with Gasteiger partial charge in [-0.3, -0.25) is 14.6 Å². The first-order valence-electron chi connectivity index (χ1n) is 12.2. The minimum atomic E-state index is -0.692. The average molecular weight is 470 g/mol. The number of methoxy groups -OCH3 is 1. The van der Waals surface area contributed by atoms with Crippen molar-refractivity contribution in [3.05, 3.63) is 30.5 Å².